The Morgan fingerprint density at radius 2 is 2.27 bits per heavy atom. The quantitative estimate of drug-likeness (QED) is 0.453. The van der Waals surface area contributed by atoms with E-state index in [-0.39, 0.29) is 19.2 Å². The molecule has 2 fully saturated rings. The van der Waals surface area contributed by atoms with Crippen LogP contribution in [-0.4, -0.2) is 52.6 Å². The Morgan fingerprint density at radius 3 is 2.91 bits per heavy atom. The molecular weight excluding hydrogens is 150 g/mol. The van der Waals surface area contributed by atoms with Gasteiger partial charge in [0.05, 0.1) is 18.7 Å². The number of carbonyl (C=O) groups is 1. The molecule has 5 heteroatoms. The van der Waals surface area contributed by atoms with Crippen LogP contribution in [0.4, 0.5) is 4.79 Å². The number of nitrogens with zero attached hydrogens (tertiary/aromatic N) is 1. The molecule has 0 aromatic rings. The van der Waals surface area contributed by atoms with E-state index < -0.39 is 18.3 Å². The Hall–Kier alpha value is -0.810. The molecule has 0 aromatic heterocycles. The number of cyclic esters (lactones) is 1. The first kappa shape index (κ1) is 6.87. The van der Waals surface area contributed by atoms with E-state index in [1.54, 1.807) is 0 Å². The van der Waals surface area contributed by atoms with Crippen molar-refractivity contribution in [2.75, 3.05) is 13.2 Å². The Bertz CT molecular complexity index is 195. The van der Waals surface area contributed by atoms with Gasteiger partial charge in [-0.25, -0.2) is 4.79 Å². The Kier molecular flexibility index (Phi) is 1.30. The van der Waals surface area contributed by atoms with Gasteiger partial charge in [0.25, 0.3) is 0 Å². The molecule has 11 heavy (non-hydrogen) atoms. The second kappa shape index (κ2) is 2.09. The largest absolute Gasteiger partial charge is 0.447 e. The van der Waals surface area contributed by atoms with Crippen LogP contribution in [0.2, 0.25) is 0 Å². The monoisotopic (exact) mass is 159 g/mol. The number of hydrogen-bond donors (Lipinski definition) is 2. The topological polar surface area (TPSA) is 70.0 Å². The molecule has 2 aliphatic rings. The molecule has 3 atom stereocenters. The van der Waals surface area contributed by atoms with Crippen LogP contribution in [0.3, 0.4) is 0 Å². The summed E-state index contributed by atoms with van der Waals surface area (Å²) in [7, 11) is 0. The van der Waals surface area contributed by atoms with Gasteiger partial charge in [0.2, 0.25) is 0 Å². The van der Waals surface area contributed by atoms with Gasteiger partial charge in [-0.15, -0.1) is 0 Å². The van der Waals surface area contributed by atoms with Crippen molar-refractivity contribution in [1.29, 1.82) is 0 Å². The van der Waals surface area contributed by atoms with Crippen LogP contribution in [-0.2, 0) is 4.74 Å². The summed E-state index contributed by atoms with van der Waals surface area (Å²) < 4.78 is 4.65. The van der Waals surface area contributed by atoms with E-state index in [0.29, 0.717) is 0 Å². The molecule has 0 bridgehead atoms. The summed E-state index contributed by atoms with van der Waals surface area (Å²) in [5.74, 6) is 0. The van der Waals surface area contributed by atoms with Gasteiger partial charge in [0.1, 0.15) is 12.7 Å². The number of hydrogen-bond acceptors (Lipinski definition) is 4. The van der Waals surface area contributed by atoms with Crippen molar-refractivity contribution in [3.8, 4) is 0 Å². The van der Waals surface area contributed by atoms with Crippen molar-refractivity contribution in [3.63, 3.8) is 0 Å². The van der Waals surface area contributed by atoms with E-state index in [2.05, 4.69) is 4.74 Å². The number of aliphatic hydroxyl groups is 2. The predicted octanol–water partition coefficient (Wildman–Crippen LogP) is -1.46. The average molecular weight is 159 g/mol. The molecule has 5 nitrogen and oxygen atoms in total. The van der Waals surface area contributed by atoms with E-state index in [4.69, 9.17) is 5.11 Å². The smallest absolute Gasteiger partial charge is 0.410 e. The SMILES string of the molecule is O=C1OC[C@@H]2[C@@H](O)[C@H](O)CN12. The van der Waals surface area contributed by atoms with Crippen LogP contribution in [0.5, 0.6) is 0 Å². The van der Waals surface area contributed by atoms with Gasteiger partial charge in [-0.1, -0.05) is 0 Å². The van der Waals surface area contributed by atoms with Crippen molar-refractivity contribution >= 4 is 6.09 Å². The first-order valence-electron chi connectivity index (χ1n) is 3.49. The minimum Gasteiger partial charge on any atom is -0.447 e. The maximum atomic E-state index is 10.8. The van der Waals surface area contributed by atoms with Gasteiger partial charge in [0, 0.05) is 0 Å². The van der Waals surface area contributed by atoms with Crippen LogP contribution in [0.1, 0.15) is 0 Å². The summed E-state index contributed by atoms with van der Waals surface area (Å²) in [6, 6.07) is -0.336. The average Bonchev–Trinajstić information content (AvgIpc) is 2.43. The Morgan fingerprint density at radius 1 is 1.55 bits per heavy atom. The zero-order valence-corrected chi connectivity index (χ0v) is 5.80. The van der Waals surface area contributed by atoms with Gasteiger partial charge in [-0.05, 0) is 0 Å². The third-order valence-electron chi connectivity index (χ3n) is 2.18. The minimum absolute atomic E-state index is 0.185. The predicted molar refractivity (Wildman–Crippen MR) is 33.9 cm³/mol. The summed E-state index contributed by atoms with van der Waals surface area (Å²) >= 11 is 0. The maximum Gasteiger partial charge on any atom is 0.410 e. The number of carbonyl (C=O) groups excluding carboxylic acids is 1. The van der Waals surface area contributed by atoms with E-state index in [0.717, 1.165) is 0 Å². The lowest BCUT2D eigenvalue weighted by Crippen LogP contribution is -2.33. The lowest BCUT2D eigenvalue weighted by atomic mass is 10.1. The third-order valence-corrected chi connectivity index (χ3v) is 2.18. The molecule has 0 aromatic carbocycles. The highest BCUT2D eigenvalue weighted by Crippen LogP contribution is 2.24. The van der Waals surface area contributed by atoms with Crippen LogP contribution in [0.15, 0.2) is 0 Å². The zero-order chi connectivity index (χ0) is 8.01. The van der Waals surface area contributed by atoms with Gasteiger partial charge in [-0.3, -0.25) is 4.90 Å². The molecule has 0 aliphatic carbocycles. The van der Waals surface area contributed by atoms with Gasteiger partial charge in [-0.2, -0.15) is 0 Å². The number of fused-ring (bicyclic) bond motifs is 1. The molecule has 2 aliphatic heterocycles. The number of amides is 1. The highest BCUT2D eigenvalue weighted by Gasteiger charge is 2.47. The first-order valence-corrected chi connectivity index (χ1v) is 3.49. The Labute approximate surface area is 63.2 Å². The number of aliphatic hydroxyl groups excluding tert-OH is 2. The molecule has 0 saturated carbocycles. The summed E-state index contributed by atoms with van der Waals surface area (Å²) in [4.78, 5) is 12.2. The van der Waals surface area contributed by atoms with Crippen molar-refractivity contribution < 1.29 is 19.7 Å². The Balaban J connectivity index is 2.18. The molecule has 62 valence electrons. The number of ether oxygens (including phenoxy) is 1. The molecule has 1 amide bonds. The van der Waals surface area contributed by atoms with Gasteiger partial charge in [0.15, 0.2) is 0 Å². The van der Waals surface area contributed by atoms with Gasteiger partial charge < -0.3 is 14.9 Å². The summed E-state index contributed by atoms with van der Waals surface area (Å²) in [5, 5.41) is 18.4. The molecule has 2 N–H and O–H groups in total. The second-order valence-electron chi connectivity index (χ2n) is 2.85. The van der Waals surface area contributed by atoms with Crippen LogP contribution in [0, 0.1) is 0 Å². The molecule has 0 radical (unpaired) electrons. The number of rotatable bonds is 0. The maximum absolute atomic E-state index is 10.8. The molecule has 0 spiro atoms. The fourth-order valence-corrected chi connectivity index (χ4v) is 1.52. The van der Waals surface area contributed by atoms with E-state index in [1.165, 1.54) is 4.90 Å². The molecule has 0 unspecified atom stereocenters. The zero-order valence-electron chi connectivity index (χ0n) is 5.80. The van der Waals surface area contributed by atoms with Crippen LogP contribution in [0.25, 0.3) is 0 Å². The van der Waals surface area contributed by atoms with Crippen LogP contribution >= 0.6 is 0 Å². The van der Waals surface area contributed by atoms with E-state index >= 15 is 0 Å². The van der Waals surface area contributed by atoms with Gasteiger partial charge >= 0.3 is 6.09 Å². The second-order valence-corrected chi connectivity index (χ2v) is 2.85. The standard InChI is InChI=1S/C6H9NO4/c8-4-1-7-3(5(4)9)2-11-6(7)10/h3-5,8-9H,1-2H2/t3-,4-,5-/m1/s1. The third kappa shape index (κ3) is 0.812. The van der Waals surface area contributed by atoms with Crippen molar-refractivity contribution in [2.24, 2.45) is 0 Å². The van der Waals surface area contributed by atoms with Crippen molar-refractivity contribution in [1.82, 2.24) is 4.90 Å². The molecular formula is C6H9NO4. The van der Waals surface area contributed by atoms with Crippen molar-refractivity contribution in [3.05, 3.63) is 0 Å². The normalized spacial score (nSPS) is 42.5. The summed E-state index contributed by atoms with van der Waals surface area (Å²) in [5.41, 5.74) is 0. The first-order chi connectivity index (χ1) is 5.20. The van der Waals surface area contributed by atoms with Crippen molar-refractivity contribution in [2.45, 2.75) is 18.2 Å². The highest BCUT2D eigenvalue weighted by molar-refractivity contribution is 5.70. The summed E-state index contributed by atoms with van der Waals surface area (Å²) in [6.45, 7) is 0.377. The van der Waals surface area contributed by atoms with E-state index in [9.17, 15) is 9.90 Å². The molecule has 2 saturated heterocycles. The molecule has 2 rings (SSSR count). The fourth-order valence-electron chi connectivity index (χ4n) is 1.52. The lowest BCUT2D eigenvalue weighted by molar-refractivity contribution is 0.0323. The van der Waals surface area contributed by atoms with E-state index in [1.807, 2.05) is 0 Å². The molecule has 2 heterocycles. The van der Waals surface area contributed by atoms with Crippen LogP contribution < -0.4 is 0 Å². The minimum atomic E-state index is -0.846. The fraction of sp³-hybridized carbons (Fsp3) is 0.833. The highest BCUT2D eigenvalue weighted by atomic mass is 16.6. The summed E-state index contributed by atoms with van der Waals surface area (Å²) in [6.07, 6.45) is -2.10. The lowest BCUT2D eigenvalue weighted by Gasteiger charge is -2.11.